The second-order valence-electron chi connectivity index (χ2n) is 3.13. The molecule has 11 heavy (non-hydrogen) atoms. The Morgan fingerprint density at radius 1 is 1.73 bits per heavy atom. The second kappa shape index (κ2) is 4.70. The lowest BCUT2D eigenvalue weighted by Gasteiger charge is -2.14. The van der Waals surface area contributed by atoms with Crippen LogP contribution in [0.25, 0.3) is 0 Å². The molecule has 3 nitrogen and oxygen atoms in total. The Morgan fingerprint density at radius 3 is 3.09 bits per heavy atom. The third-order valence-corrected chi connectivity index (χ3v) is 1.99. The van der Waals surface area contributed by atoms with Crippen molar-refractivity contribution >= 4 is 0 Å². The molecule has 3 heteroatoms. The minimum Gasteiger partial charge on any atom is -0.395 e. The molecule has 2 unspecified atom stereocenters. The number of aliphatic hydroxyl groups is 1. The van der Waals surface area contributed by atoms with Gasteiger partial charge in [0, 0.05) is 19.2 Å². The molecule has 66 valence electrons. The molecule has 0 saturated carbocycles. The Morgan fingerprint density at radius 2 is 2.55 bits per heavy atom. The summed E-state index contributed by atoms with van der Waals surface area (Å²) < 4.78 is 5.40. The molecular formula is C8H17NO2. The van der Waals surface area contributed by atoms with Gasteiger partial charge in [0.05, 0.1) is 12.7 Å². The van der Waals surface area contributed by atoms with Crippen molar-refractivity contribution in [1.82, 2.24) is 5.32 Å². The highest BCUT2D eigenvalue weighted by atomic mass is 16.5. The van der Waals surface area contributed by atoms with E-state index >= 15 is 0 Å². The predicted molar refractivity (Wildman–Crippen MR) is 43.5 cm³/mol. The van der Waals surface area contributed by atoms with Crippen LogP contribution in [0.4, 0.5) is 0 Å². The summed E-state index contributed by atoms with van der Waals surface area (Å²) in [6.45, 7) is 3.95. The van der Waals surface area contributed by atoms with Gasteiger partial charge < -0.3 is 15.2 Å². The maximum Gasteiger partial charge on any atom is 0.0700 e. The van der Waals surface area contributed by atoms with E-state index in [2.05, 4.69) is 5.32 Å². The summed E-state index contributed by atoms with van der Waals surface area (Å²) in [6.07, 6.45) is 2.72. The summed E-state index contributed by atoms with van der Waals surface area (Å²) in [4.78, 5) is 0. The van der Waals surface area contributed by atoms with Gasteiger partial charge in [0.25, 0.3) is 0 Å². The number of aliphatic hydroxyl groups excluding tert-OH is 1. The molecule has 2 N–H and O–H groups in total. The summed E-state index contributed by atoms with van der Waals surface area (Å²) in [5, 5.41) is 11.9. The zero-order valence-electron chi connectivity index (χ0n) is 7.05. The molecule has 1 rings (SSSR count). The average Bonchev–Trinajstić information content (AvgIpc) is 2.52. The van der Waals surface area contributed by atoms with E-state index in [1.54, 1.807) is 0 Å². The van der Waals surface area contributed by atoms with Crippen molar-refractivity contribution in [1.29, 1.82) is 0 Å². The van der Waals surface area contributed by atoms with E-state index in [9.17, 15) is 0 Å². The van der Waals surface area contributed by atoms with Crippen molar-refractivity contribution in [2.75, 3.05) is 19.8 Å². The molecule has 0 amide bonds. The first-order valence-corrected chi connectivity index (χ1v) is 4.28. The molecule has 0 aromatic heterocycles. The van der Waals surface area contributed by atoms with Crippen LogP contribution in [0, 0.1) is 0 Å². The Bertz CT molecular complexity index is 102. The molecule has 2 atom stereocenters. The lowest BCUT2D eigenvalue weighted by atomic mass is 10.2. The lowest BCUT2D eigenvalue weighted by Crippen LogP contribution is -2.35. The molecule has 1 aliphatic rings. The van der Waals surface area contributed by atoms with Crippen molar-refractivity contribution in [3.63, 3.8) is 0 Å². The van der Waals surface area contributed by atoms with E-state index < -0.39 is 0 Å². The summed E-state index contributed by atoms with van der Waals surface area (Å²) in [5.74, 6) is 0. The van der Waals surface area contributed by atoms with Gasteiger partial charge in [0.2, 0.25) is 0 Å². The highest BCUT2D eigenvalue weighted by Crippen LogP contribution is 2.10. The molecule has 0 spiro atoms. The van der Waals surface area contributed by atoms with Crippen LogP contribution >= 0.6 is 0 Å². The normalized spacial score (nSPS) is 27.3. The first kappa shape index (κ1) is 8.97. The van der Waals surface area contributed by atoms with Crippen LogP contribution in [0.1, 0.15) is 19.8 Å². The third-order valence-electron chi connectivity index (χ3n) is 1.99. The predicted octanol–water partition coefficient (Wildman–Crippen LogP) is 0.136. The van der Waals surface area contributed by atoms with Crippen molar-refractivity contribution in [2.45, 2.75) is 31.9 Å². The Hall–Kier alpha value is -0.120. The van der Waals surface area contributed by atoms with Gasteiger partial charge in [0.15, 0.2) is 0 Å². The van der Waals surface area contributed by atoms with E-state index in [4.69, 9.17) is 9.84 Å². The van der Waals surface area contributed by atoms with Crippen LogP contribution in [0.5, 0.6) is 0 Å². The maximum absolute atomic E-state index is 8.71. The van der Waals surface area contributed by atoms with Crippen molar-refractivity contribution in [3.8, 4) is 0 Å². The average molecular weight is 159 g/mol. The maximum atomic E-state index is 8.71. The number of ether oxygens (including phenoxy) is 1. The van der Waals surface area contributed by atoms with Gasteiger partial charge in [-0.3, -0.25) is 0 Å². The minimum absolute atomic E-state index is 0.194. The molecule has 1 heterocycles. The van der Waals surface area contributed by atoms with Crippen LogP contribution in [0.15, 0.2) is 0 Å². The molecule has 0 aliphatic carbocycles. The molecule has 1 fully saturated rings. The first-order chi connectivity index (χ1) is 5.33. The SMILES string of the molecule is CC(CO)NCC1CCCO1. The summed E-state index contributed by atoms with van der Waals surface area (Å²) in [5.41, 5.74) is 0. The van der Waals surface area contributed by atoms with E-state index in [0.29, 0.717) is 6.10 Å². The molecule has 0 aromatic carbocycles. The summed E-state index contributed by atoms with van der Waals surface area (Å²) >= 11 is 0. The monoisotopic (exact) mass is 159 g/mol. The van der Waals surface area contributed by atoms with Crippen LogP contribution in [0.2, 0.25) is 0 Å². The van der Waals surface area contributed by atoms with Gasteiger partial charge in [0.1, 0.15) is 0 Å². The van der Waals surface area contributed by atoms with Crippen LogP contribution < -0.4 is 5.32 Å². The molecule has 0 aromatic rings. The van der Waals surface area contributed by atoms with E-state index in [0.717, 1.165) is 19.6 Å². The quantitative estimate of drug-likeness (QED) is 0.613. The largest absolute Gasteiger partial charge is 0.395 e. The second-order valence-corrected chi connectivity index (χ2v) is 3.13. The highest BCUT2D eigenvalue weighted by Gasteiger charge is 2.15. The number of hydrogen-bond donors (Lipinski definition) is 2. The number of rotatable bonds is 4. The first-order valence-electron chi connectivity index (χ1n) is 4.28. The topological polar surface area (TPSA) is 41.5 Å². The molecule has 1 aliphatic heterocycles. The molecular weight excluding hydrogens is 142 g/mol. The fourth-order valence-electron chi connectivity index (χ4n) is 1.20. The zero-order chi connectivity index (χ0) is 8.10. The van der Waals surface area contributed by atoms with E-state index in [-0.39, 0.29) is 12.6 Å². The van der Waals surface area contributed by atoms with Gasteiger partial charge in [-0.25, -0.2) is 0 Å². The standard InChI is InChI=1S/C8H17NO2/c1-7(6-10)9-5-8-3-2-4-11-8/h7-10H,2-6H2,1H3. The Labute approximate surface area is 67.7 Å². The third kappa shape index (κ3) is 3.18. The van der Waals surface area contributed by atoms with Gasteiger partial charge in [-0.1, -0.05) is 0 Å². The lowest BCUT2D eigenvalue weighted by molar-refractivity contribution is 0.105. The molecule has 1 saturated heterocycles. The van der Waals surface area contributed by atoms with Gasteiger partial charge in [-0.15, -0.1) is 0 Å². The van der Waals surface area contributed by atoms with E-state index in [1.807, 2.05) is 6.92 Å². The zero-order valence-corrected chi connectivity index (χ0v) is 7.05. The fraction of sp³-hybridized carbons (Fsp3) is 1.00. The number of hydrogen-bond acceptors (Lipinski definition) is 3. The van der Waals surface area contributed by atoms with Crippen LogP contribution in [-0.2, 0) is 4.74 Å². The van der Waals surface area contributed by atoms with E-state index in [1.165, 1.54) is 6.42 Å². The molecule has 0 radical (unpaired) electrons. The minimum atomic E-state index is 0.194. The summed E-state index contributed by atoms with van der Waals surface area (Å²) in [7, 11) is 0. The Balaban J connectivity index is 2.01. The number of nitrogens with one attached hydrogen (secondary N) is 1. The fourth-order valence-corrected chi connectivity index (χ4v) is 1.20. The van der Waals surface area contributed by atoms with Crippen LogP contribution in [0.3, 0.4) is 0 Å². The smallest absolute Gasteiger partial charge is 0.0700 e. The highest BCUT2D eigenvalue weighted by molar-refractivity contribution is 4.69. The Kier molecular flexibility index (Phi) is 3.83. The summed E-state index contributed by atoms with van der Waals surface area (Å²) in [6, 6.07) is 0.194. The van der Waals surface area contributed by atoms with Crippen molar-refractivity contribution < 1.29 is 9.84 Å². The molecule has 0 bridgehead atoms. The van der Waals surface area contributed by atoms with Gasteiger partial charge in [-0.05, 0) is 19.8 Å². The van der Waals surface area contributed by atoms with Crippen molar-refractivity contribution in [2.24, 2.45) is 0 Å². The van der Waals surface area contributed by atoms with Crippen molar-refractivity contribution in [3.05, 3.63) is 0 Å². The van der Waals surface area contributed by atoms with Crippen LogP contribution in [-0.4, -0.2) is 37.0 Å². The van der Waals surface area contributed by atoms with Gasteiger partial charge in [-0.2, -0.15) is 0 Å². The van der Waals surface area contributed by atoms with Gasteiger partial charge >= 0.3 is 0 Å².